The van der Waals surface area contributed by atoms with Crippen molar-refractivity contribution in [2.24, 2.45) is 5.92 Å². The van der Waals surface area contributed by atoms with Crippen molar-refractivity contribution in [2.75, 3.05) is 62.2 Å². The molecule has 3 aliphatic heterocycles. The molecule has 0 saturated carbocycles. The lowest BCUT2D eigenvalue weighted by Gasteiger charge is -2.36. The molecule has 7 nitrogen and oxygen atoms in total. The van der Waals surface area contributed by atoms with Crippen LogP contribution in [0.15, 0.2) is 12.5 Å². The van der Waals surface area contributed by atoms with Gasteiger partial charge in [-0.3, -0.25) is 4.79 Å². The van der Waals surface area contributed by atoms with Crippen LogP contribution in [-0.2, 0) is 4.79 Å². The van der Waals surface area contributed by atoms with E-state index in [2.05, 4.69) is 30.0 Å². The maximum atomic E-state index is 12.6. The topological polar surface area (TPSA) is 64.6 Å². The van der Waals surface area contributed by atoms with Crippen LogP contribution < -0.4 is 15.1 Å². The molecule has 7 heteroatoms. The first-order chi connectivity index (χ1) is 14.8. The third kappa shape index (κ3) is 5.62. The van der Waals surface area contributed by atoms with Gasteiger partial charge in [0.15, 0.2) is 5.82 Å². The Labute approximate surface area is 181 Å². The highest BCUT2D eigenvalue weighted by Gasteiger charge is 2.27. The Kier molecular flexibility index (Phi) is 7.78. The molecule has 0 radical (unpaired) electrons. The van der Waals surface area contributed by atoms with E-state index in [9.17, 15) is 4.79 Å². The molecule has 1 aromatic rings. The van der Waals surface area contributed by atoms with E-state index in [-0.39, 0.29) is 11.8 Å². The van der Waals surface area contributed by atoms with Gasteiger partial charge in [-0.15, -0.1) is 0 Å². The van der Waals surface area contributed by atoms with E-state index in [4.69, 9.17) is 0 Å². The smallest absolute Gasteiger partial charge is 0.223 e. The fourth-order valence-electron chi connectivity index (χ4n) is 5.11. The molecule has 30 heavy (non-hydrogen) atoms. The van der Waals surface area contributed by atoms with Gasteiger partial charge < -0.3 is 20.0 Å². The molecule has 0 atom stereocenters. The second-order valence-corrected chi connectivity index (χ2v) is 9.09. The van der Waals surface area contributed by atoms with Crippen LogP contribution >= 0.6 is 0 Å². The molecule has 1 aromatic heterocycles. The van der Waals surface area contributed by atoms with Crippen LogP contribution in [-0.4, -0.2) is 73.1 Å². The zero-order valence-electron chi connectivity index (χ0n) is 18.4. The van der Waals surface area contributed by atoms with Crippen LogP contribution in [0.1, 0.15) is 57.8 Å². The van der Waals surface area contributed by atoms with Gasteiger partial charge in [-0.1, -0.05) is 6.42 Å². The van der Waals surface area contributed by atoms with Gasteiger partial charge in [-0.05, 0) is 71.0 Å². The fourth-order valence-corrected chi connectivity index (χ4v) is 5.11. The maximum absolute atomic E-state index is 12.6. The minimum atomic E-state index is 0.138. The minimum Gasteiger partial charge on any atom is -0.367 e. The predicted molar refractivity (Wildman–Crippen MR) is 121 cm³/mol. The van der Waals surface area contributed by atoms with Gasteiger partial charge in [0.1, 0.15) is 6.33 Å². The van der Waals surface area contributed by atoms with E-state index in [1.165, 1.54) is 51.6 Å². The Balaban J connectivity index is 1.21. The molecule has 1 amide bonds. The summed E-state index contributed by atoms with van der Waals surface area (Å²) in [5, 5.41) is 3.19. The van der Waals surface area contributed by atoms with Crippen molar-refractivity contribution in [3.8, 4) is 0 Å². The molecule has 0 aliphatic carbocycles. The summed E-state index contributed by atoms with van der Waals surface area (Å²) in [5.41, 5.74) is 1.14. The number of nitrogens with one attached hydrogen (secondary N) is 1. The number of carbonyl (C=O) groups is 1. The van der Waals surface area contributed by atoms with E-state index in [1.807, 2.05) is 6.20 Å². The number of hydrogen-bond donors (Lipinski definition) is 1. The van der Waals surface area contributed by atoms with Crippen molar-refractivity contribution < 1.29 is 4.79 Å². The normalized spacial score (nSPS) is 21.6. The molecule has 0 bridgehead atoms. The lowest BCUT2D eigenvalue weighted by Crippen LogP contribution is -2.42. The van der Waals surface area contributed by atoms with Crippen LogP contribution in [0.2, 0.25) is 0 Å². The van der Waals surface area contributed by atoms with Gasteiger partial charge in [0.2, 0.25) is 5.91 Å². The molecule has 166 valence electrons. The molecule has 0 aromatic carbocycles. The molecule has 1 N–H and O–H groups in total. The van der Waals surface area contributed by atoms with Crippen molar-refractivity contribution in [2.45, 2.75) is 57.8 Å². The second-order valence-electron chi connectivity index (χ2n) is 9.09. The second kappa shape index (κ2) is 10.9. The van der Waals surface area contributed by atoms with Gasteiger partial charge in [0.05, 0.1) is 11.9 Å². The SMILES string of the molecule is O=C(NCCCN1CCCCC1)C1CCN(c2cncnc2N2CCCCC2)CC1. The first-order valence-corrected chi connectivity index (χ1v) is 12.1. The van der Waals surface area contributed by atoms with Crippen molar-refractivity contribution in [1.82, 2.24) is 20.2 Å². The molecule has 4 heterocycles. The maximum Gasteiger partial charge on any atom is 0.223 e. The van der Waals surface area contributed by atoms with Gasteiger partial charge >= 0.3 is 0 Å². The number of anilines is 2. The summed E-state index contributed by atoms with van der Waals surface area (Å²) in [5.74, 6) is 1.46. The predicted octanol–water partition coefficient (Wildman–Crippen LogP) is 2.68. The number of hydrogen-bond acceptors (Lipinski definition) is 6. The van der Waals surface area contributed by atoms with Gasteiger partial charge in [0.25, 0.3) is 0 Å². The number of piperidine rings is 3. The molecular formula is C23H38N6O. The van der Waals surface area contributed by atoms with Gasteiger partial charge in [0, 0.05) is 38.6 Å². The summed E-state index contributed by atoms with van der Waals surface area (Å²) in [6.07, 6.45) is 14.3. The van der Waals surface area contributed by atoms with Crippen LogP contribution in [0.4, 0.5) is 11.5 Å². The van der Waals surface area contributed by atoms with Crippen LogP contribution in [0.3, 0.4) is 0 Å². The largest absolute Gasteiger partial charge is 0.367 e. The van der Waals surface area contributed by atoms with Crippen molar-refractivity contribution in [3.63, 3.8) is 0 Å². The summed E-state index contributed by atoms with van der Waals surface area (Å²) in [6.45, 7) is 8.36. The van der Waals surface area contributed by atoms with E-state index >= 15 is 0 Å². The summed E-state index contributed by atoms with van der Waals surface area (Å²) < 4.78 is 0. The van der Waals surface area contributed by atoms with Crippen LogP contribution in [0, 0.1) is 5.92 Å². The van der Waals surface area contributed by atoms with Crippen molar-refractivity contribution in [1.29, 1.82) is 0 Å². The van der Waals surface area contributed by atoms with E-state index in [0.717, 1.165) is 70.0 Å². The number of nitrogens with zero attached hydrogens (tertiary/aromatic N) is 5. The summed E-state index contributed by atoms with van der Waals surface area (Å²) in [6, 6.07) is 0. The average molecular weight is 415 g/mol. The number of carbonyl (C=O) groups excluding carboxylic acids is 1. The number of rotatable bonds is 7. The first-order valence-electron chi connectivity index (χ1n) is 12.1. The summed E-state index contributed by atoms with van der Waals surface area (Å²) >= 11 is 0. The first kappa shape index (κ1) is 21.3. The number of amides is 1. The van der Waals surface area contributed by atoms with Crippen LogP contribution in [0.5, 0.6) is 0 Å². The van der Waals surface area contributed by atoms with Crippen molar-refractivity contribution in [3.05, 3.63) is 12.5 Å². The Bertz CT molecular complexity index is 663. The molecule has 4 rings (SSSR count). The molecule has 0 unspecified atom stereocenters. The molecule has 3 fully saturated rings. The molecule has 3 aliphatic rings. The highest BCUT2D eigenvalue weighted by Crippen LogP contribution is 2.31. The van der Waals surface area contributed by atoms with E-state index in [1.54, 1.807) is 6.33 Å². The quantitative estimate of drug-likeness (QED) is 0.692. The lowest BCUT2D eigenvalue weighted by atomic mass is 9.95. The minimum absolute atomic E-state index is 0.138. The number of aromatic nitrogens is 2. The molecule has 3 saturated heterocycles. The highest BCUT2D eigenvalue weighted by molar-refractivity contribution is 5.79. The Morgan fingerprint density at radius 2 is 1.63 bits per heavy atom. The fraction of sp³-hybridized carbons (Fsp3) is 0.783. The molecular weight excluding hydrogens is 376 g/mol. The Morgan fingerprint density at radius 3 is 2.37 bits per heavy atom. The van der Waals surface area contributed by atoms with E-state index in [0.29, 0.717) is 0 Å². The van der Waals surface area contributed by atoms with Crippen molar-refractivity contribution >= 4 is 17.4 Å². The van der Waals surface area contributed by atoms with Crippen LogP contribution in [0.25, 0.3) is 0 Å². The Morgan fingerprint density at radius 1 is 0.933 bits per heavy atom. The third-order valence-electron chi connectivity index (χ3n) is 6.93. The standard InChI is InChI=1S/C23H38N6O/c30-23(25-10-7-13-27-11-3-1-4-12-27)20-8-16-28(17-9-20)21-18-24-19-26-22(21)29-14-5-2-6-15-29/h18-20H,1-17H2,(H,25,30). The Hall–Kier alpha value is -1.89. The monoisotopic (exact) mass is 414 g/mol. The molecule has 0 spiro atoms. The van der Waals surface area contributed by atoms with Gasteiger partial charge in [-0.25, -0.2) is 9.97 Å². The summed E-state index contributed by atoms with van der Waals surface area (Å²) in [7, 11) is 0. The highest BCUT2D eigenvalue weighted by atomic mass is 16.1. The lowest BCUT2D eigenvalue weighted by molar-refractivity contribution is -0.125. The average Bonchev–Trinajstić information content (AvgIpc) is 2.83. The zero-order chi connectivity index (χ0) is 20.6. The third-order valence-corrected chi connectivity index (χ3v) is 6.93. The zero-order valence-corrected chi connectivity index (χ0v) is 18.4. The summed E-state index contributed by atoms with van der Waals surface area (Å²) in [4.78, 5) is 28.9. The number of likely N-dealkylation sites (tertiary alicyclic amines) is 1. The van der Waals surface area contributed by atoms with E-state index < -0.39 is 0 Å². The van der Waals surface area contributed by atoms with Gasteiger partial charge in [-0.2, -0.15) is 0 Å².